The van der Waals surface area contributed by atoms with Crippen molar-refractivity contribution in [2.45, 2.75) is 36.4 Å². The standard InChI is InChI=1S/C20H19ClN2O6S/c1-10(9-21)15(19(25)26)23-17(24)14-18(23)30-16(22-14)11-7-13(8-11)29-20(27)28-12-5-3-2-4-6-12/h2-6,11,13-15,18H,1,7-9H2,(H,25,26). The number of fused-ring (bicyclic) bond motifs is 1. The van der Waals surface area contributed by atoms with Crippen LogP contribution < -0.4 is 4.74 Å². The molecule has 3 aliphatic rings. The Bertz CT molecular complexity index is 917. The number of ether oxygens (including phenoxy) is 2. The van der Waals surface area contributed by atoms with E-state index in [0.717, 1.165) is 5.04 Å². The first-order chi connectivity index (χ1) is 14.4. The average Bonchev–Trinajstić information content (AvgIpc) is 3.08. The van der Waals surface area contributed by atoms with E-state index in [2.05, 4.69) is 11.6 Å². The molecule has 4 rings (SSSR count). The van der Waals surface area contributed by atoms with Gasteiger partial charge in [-0.25, -0.2) is 9.59 Å². The molecule has 0 spiro atoms. The molecular weight excluding hydrogens is 432 g/mol. The number of amides is 1. The van der Waals surface area contributed by atoms with E-state index in [1.54, 1.807) is 24.3 Å². The number of likely N-dealkylation sites (tertiary alicyclic amines) is 1. The second-order valence-corrected chi connectivity index (χ2v) is 8.68. The van der Waals surface area contributed by atoms with Crippen molar-refractivity contribution in [2.24, 2.45) is 10.9 Å². The van der Waals surface area contributed by atoms with Crippen LogP contribution in [0.5, 0.6) is 5.75 Å². The van der Waals surface area contributed by atoms with Crippen molar-refractivity contribution in [1.29, 1.82) is 0 Å². The summed E-state index contributed by atoms with van der Waals surface area (Å²) in [5, 5.41) is 9.91. The zero-order chi connectivity index (χ0) is 21.4. The van der Waals surface area contributed by atoms with Crippen molar-refractivity contribution < 1.29 is 29.0 Å². The van der Waals surface area contributed by atoms with Gasteiger partial charge in [-0.2, -0.15) is 0 Å². The fraction of sp³-hybridized carbons (Fsp3) is 0.400. The van der Waals surface area contributed by atoms with Crippen LogP contribution in [0.3, 0.4) is 0 Å². The zero-order valence-corrected chi connectivity index (χ0v) is 17.3. The first-order valence-corrected chi connectivity index (χ1v) is 10.8. The lowest BCUT2D eigenvalue weighted by Crippen LogP contribution is -2.66. The minimum absolute atomic E-state index is 0.0444. The topological polar surface area (TPSA) is 106 Å². The van der Waals surface area contributed by atoms with E-state index in [-0.39, 0.29) is 34.8 Å². The third-order valence-corrected chi connectivity index (χ3v) is 7.03. The van der Waals surface area contributed by atoms with Gasteiger partial charge in [-0.3, -0.25) is 9.79 Å². The Kier molecular flexibility index (Phi) is 5.75. The van der Waals surface area contributed by atoms with Crippen molar-refractivity contribution in [2.75, 3.05) is 5.88 Å². The van der Waals surface area contributed by atoms with Crippen LogP contribution in [0.15, 0.2) is 47.5 Å². The quantitative estimate of drug-likeness (QED) is 0.224. The Morgan fingerprint density at radius 1 is 1.33 bits per heavy atom. The minimum atomic E-state index is -1.16. The van der Waals surface area contributed by atoms with Gasteiger partial charge in [-0.05, 0) is 30.5 Å². The summed E-state index contributed by atoms with van der Waals surface area (Å²) in [6, 6.07) is 6.94. The molecule has 0 radical (unpaired) electrons. The predicted molar refractivity (Wildman–Crippen MR) is 111 cm³/mol. The molecule has 10 heteroatoms. The van der Waals surface area contributed by atoms with Crippen LogP contribution in [0, 0.1) is 5.92 Å². The molecular formula is C20H19ClN2O6S. The highest BCUT2D eigenvalue weighted by molar-refractivity contribution is 8.14. The smallest absolute Gasteiger partial charge is 0.479 e. The molecule has 2 heterocycles. The van der Waals surface area contributed by atoms with Crippen molar-refractivity contribution in [3.63, 3.8) is 0 Å². The zero-order valence-electron chi connectivity index (χ0n) is 15.8. The lowest BCUT2D eigenvalue weighted by molar-refractivity contribution is -0.157. The molecule has 1 aromatic rings. The maximum Gasteiger partial charge on any atom is 0.514 e. The van der Waals surface area contributed by atoms with Crippen LogP contribution >= 0.6 is 23.4 Å². The summed E-state index contributed by atoms with van der Waals surface area (Å²) in [7, 11) is 0. The Balaban J connectivity index is 1.29. The van der Waals surface area contributed by atoms with Gasteiger partial charge in [0, 0.05) is 11.8 Å². The molecule has 30 heavy (non-hydrogen) atoms. The number of rotatable bonds is 7. The summed E-state index contributed by atoms with van der Waals surface area (Å²) >= 11 is 7.13. The second kappa shape index (κ2) is 8.31. The van der Waals surface area contributed by atoms with E-state index in [9.17, 15) is 19.5 Å². The fourth-order valence-electron chi connectivity index (χ4n) is 3.65. The van der Waals surface area contributed by atoms with Gasteiger partial charge >= 0.3 is 12.1 Å². The maximum absolute atomic E-state index is 12.4. The van der Waals surface area contributed by atoms with Crippen LogP contribution in [-0.2, 0) is 14.3 Å². The van der Waals surface area contributed by atoms with Gasteiger partial charge in [-0.15, -0.1) is 11.6 Å². The SMILES string of the molecule is C=C(CCl)C(C(=O)O)N1C(=O)C2N=C(C3CC(OC(=O)Oc4ccccc4)C3)SC21. The molecule has 1 amide bonds. The average molecular weight is 451 g/mol. The van der Waals surface area contributed by atoms with Gasteiger partial charge in [0.15, 0.2) is 12.1 Å². The molecule has 1 saturated carbocycles. The van der Waals surface area contributed by atoms with Gasteiger partial charge < -0.3 is 19.5 Å². The molecule has 2 fully saturated rings. The third-order valence-electron chi connectivity index (χ3n) is 5.28. The van der Waals surface area contributed by atoms with E-state index in [1.165, 1.54) is 16.7 Å². The molecule has 1 aliphatic carbocycles. The van der Waals surface area contributed by atoms with E-state index in [4.69, 9.17) is 21.1 Å². The summed E-state index contributed by atoms with van der Waals surface area (Å²) in [5.74, 6) is -1.05. The molecule has 1 saturated heterocycles. The number of hydrogen-bond acceptors (Lipinski definition) is 7. The number of thioether (sulfide) groups is 1. The number of para-hydroxylation sites is 1. The van der Waals surface area contributed by atoms with Crippen LogP contribution in [0.2, 0.25) is 0 Å². The van der Waals surface area contributed by atoms with Crippen LogP contribution in [0.1, 0.15) is 12.8 Å². The van der Waals surface area contributed by atoms with Gasteiger partial charge in [0.1, 0.15) is 17.2 Å². The molecule has 0 aromatic heterocycles. The molecule has 1 N–H and O–H groups in total. The molecule has 3 atom stereocenters. The molecule has 8 nitrogen and oxygen atoms in total. The number of halogens is 1. The van der Waals surface area contributed by atoms with E-state index < -0.39 is 24.2 Å². The lowest BCUT2D eigenvalue weighted by atomic mass is 9.83. The first kappa shape index (κ1) is 20.7. The molecule has 2 aliphatic heterocycles. The number of carbonyl (C=O) groups excluding carboxylic acids is 2. The number of carboxylic acid groups (broad SMARTS) is 1. The third kappa shape index (κ3) is 3.79. The molecule has 158 valence electrons. The van der Waals surface area contributed by atoms with Gasteiger partial charge in [0.2, 0.25) is 0 Å². The fourth-order valence-corrected chi connectivity index (χ4v) is 5.25. The largest absolute Gasteiger partial charge is 0.514 e. The maximum atomic E-state index is 12.4. The van der Waals surface area contributed by atoms with Crippen molar-refractivity contribution in [3.8, 4) is 5.75 Å². The number of aliphatic imine (C=N–C) groups is 1. The molecule has 1 aromatic carbocycles. The van der Waals surface area contributed by atoms with E-state index in [0.29, 0.717) is 18.6 Å². The highest BCUT2D eigenvalue weighted by atomic mass is 35.5. The van der Waals surface area contributed by atoms with Crippen LogP contribution in [0.25, 0.3) is 0 Å². The van der Waals surface area contributed by atoms with Gasteiger partial charge in [0.25, 0.3) is 5.91 Å². The summed E-state index contributed by atoms with van der Waals surface area (Å²) in [6.07, 6.45) is 0.138. The number of aliphatic carboxylic acids is 1. The second-order valence-electron chi connectivity index (χ2n) is 7.27. The summed E-state index contributed by atoms with van der Waals surface area (Å²) in [5.41, 5.74) is 0.263. The number of hydrogen-bond donors (Lipinski definition) is 1. The van der Waals surface area contributed by atoms with Crippen molar-refractivity contribution >= 4 is 46.4 Å². The van der Waals surface area contributed by atoms with Crippen molar-refractivity contribution in [3.05, 3.63) is 42.5 Å². The van der Waals surface area contributed by atoms with Gasteiger partial charge in [-0.1, -0.05) is 36.5 Å². The number of carbonyl (C=O) groups is 3. The Hall–Kier alpha value is -2.52. The summed E-state index contributed by atoms with van der Waals surface area (Å²) in [4.78, 5) is 41.7. The molecule has 0 bridgehead atoms. The number of alkyl halides is 1. The minimum Gasteiger partial charge on any atom is -0.479 e. The highest BCUT2D eigenvalue weighted by Gasteiger charge is 2.58. The molecule has 3 unspecified atom stereocenters. The normalized spacial score (nSPS) is 27.8. The number of β-lactam (4-membered cyclic amide) rings is 1. The number of benzene rings is 1. The van der Waals surface area contributed by atoms with Crippen molar-refractivity contribution in [1.82, 2.24) is 4.90 Å². The van der Waals surface area contributed by atoms with E-state index in [1.807, 2.05) is 6.07 Å². The van der Waals surface area contributed by atoms with Crippen LogP contribution in [-0.4, -0.2) is 62.5 Å². The Labute approximate surface area is 181 Å². The lowest BCUT2D eigenvalue weighted by Gasteiger charge is -2.45. The number of nitrogens with zero attached hydrogens (tertiary/aromatic N) is 2. The first-order valence-electron chi connectivity index (χ1n) is 9.35. The van der Waals surface area contributed by atoms with Gasteiger partial charge in [0.05, 0.1) is 5.04 Å². The monoisotopic (exact) mass is 450 g/mol. The predicted octanol–water partition coefficient (Wildman–Crippen LogP) is 2.91. The Morgan fingerprint density at radius 3 is 2.67 bits per heavy atom. The van der Waals surface area contributed by atoms with Crippen LogP contribution in [0.4, 0.5) is 4.79 Å². The van der Waals surface area contributed by atoms with E-state index >= 15 is 0 Å². The summed E-state index contributed by atoms with van der Waals surface area (Å²) in [6.45, 7) is 3.68. The Morgan fingerprint density at radius 2 is 2.03 bits per heavy atom. The number of carboxylic acids is 1. The highest BCUT2D eigenvalue weighted by Crippen LogP contribution is 2.47. The summed E-state index contributed by atoms with van der Waals surface area (Å²) < 4.78 is 10.4.